The Morgan fingerprint density at radius 3 is 2.33 bits per heavy atom. The summed E-state index contributed by atoms with van der Waals surface area (Å²) in [5.74, 6) is 0.239. The Morgan fingerprint density at radius 2 is 1.80 bits per heavy atom. The summed E-state index contributed by atoms with van der Waals surface area (Å²) in [5, 5.41) is 18.7. The van der Waals surface area contributed by atoms with E-state index in [1.165, 1.54) is 19.1 Å². The van der Waals surface area contributed by atoms with E-state index in [2.05, 4.69) is 9.98 Å². The third kappa shape index (κ3) is 3.86. The van der Waals surface area contributed by atoms with E-state index in [-0.39, 0.29) is 28.9 Å². The Morgan fingerprint density at radius 1 is 1.17 bits per heavy atom. The number of nitriles is 2. The number of carbonyl (C=O) groups excluding carboxylic acids is 2. The molecule has 9 heteroatoms. The standard InChI is InChI=1S/C21H16N6O3/c1-12(28)19-20(26-21(24)29)27(11-13-3-5-16(30-2)6-4-13)18-8-15(10-23)14(9-22)7-17(18)25-19/h3-8H,11H2,1-2H3,(H2,24,29). The van der Waals surface area contributed by atoms with E-state index in [0.717, 1.165) is 5.56 Å². The van der Waals surface area contributed by atoms with Gasteiger partial charge in [-0.2, -0.15) is 15.5 Å². The van der Waals surface area contributed by atoms with Crippen molar-refractivity contribution in [3.63, 3.8) is 0 Å². The molecule has 3 rings (SSSR count). The minimum absolute atomic E-state index is 0.0214. The number of carbonyl (C=O) groups is 2. The summed E-state index contributed by atoms with van der Waals surface area (Å²) < 4.78 is 6.74. The predicted octanol–water partition coefficient (Wildman–Crippen LogP) is 2.02. The molecule has 1 heterocycles. The summed E-state index contributed by atoms with van der Waals surface area (Å²) in [7, 11) is 1.55. The monoisotopic (exact) mass is 400 g/mol. The Labute approximate surface area is 171 Å². The van der Waals surface area contributed by atoms with E-state index in [9.17, 15) is 20.1 Å². The van der Waals surface area contributed by atoms with Gasteiger partial charge in [0.2, 0.25) is 0 Å². The topological polar surface area (TPSA) is 147 Å². The summed E-state index contributed by atoms with van der Waals surface area (Å²) in [6, 6.07) is 13.0. The number of fused-ring (bicyclic) bond motifs is 1. The van der Waals surface area contributed by atoms with E-state index < -0.39 is 11.8 Å². The van der Waals surface area contributed by atoms with Crippen LogP contribution < -0.4 is 16.0 Å². The molecule has 2 aromatic carbocycles. The van der Waals surface area contributed by atoms with Crippen LogP contribution in [0.5, 0.6) is 5.75 Å². The number of amides is 2. The SMILES string of the molecule is COc1ccc(Cn2c(=NC(N)=O)c(C(C)=O)nc3cc(C#N)c(C#N)cc32)cc1. The van der Waals surface area contributed by atoms with Crippen LogP contribution in [0.4, 0.5) is 4.79 Å². The fourth-order valence-corrected chi connectivity index (χ4v) is 3.01. The Balaban J connectivity index is 2.42. The van der Waals surface area contributed by atoms with Crippen LogP contribution in [-0.2, 0) is 6.54 Å². The Hall–Kier alpha value is -4.50. The molecule has 0 unspecified atom stereocenters. The highest BCUT2D eigenvalue weighted by atomic mass is 16.5. The van der Waals surface area contributed by atoms with Crippen molar-refractivity contribution in [2.75, 3.05) is 7.11 Å². The van der Waals surface area contributed by atoms with E-state index in [4.69, 9.17) is 10.5 Å². The van der Waals surface area contributed by atoms with E-state index in [1.54, 1.807) is 23.8 Å². The van der Waals surface area contributed by atoms with Crippen molar-refractivity contribution in [3.8, 4) is 17.9 Å². The van der Waals surface area contributed by atoms with Gasteiger partial charge in [0, 0.05) is 13.5 Å². The van der Waals surface area contributed by atoms with E-state index >= 15 is 0 Å². The van der Waals surface area contributed by atoms with Gasteiger partial charge in [-0.05, 0) is 29.8 Å². The zero-order valence-electron chi connectivity index (χ0n) is 16.2. The van der Waals surface area contributed by atoms with Crippen molar-refractivity contribution in [2.24, 2.45) is 10.7 Å². The van der Waals surface area contributed by atoms with Gasteiger partial charge in [-0.25, -0.2) is 9.78 Å². The van der Waals surface area contributed by atoms with Crippen LogP contribution >= 0.6 is 0 Å². The fraction of sp³-hybridized carbons (Fsp3) is 0.143. The first-order valence-corrected chi connectivity index (χ1v) is 8.74. The molecular weight excluding hydrogens is 384 g/mol. The van der Waals surface area contributed by atoms with Gasteiger partial charge >= 0.3 is 6.03 Å². The number of nitrogens with two attached hydrogens (primary N) is 1. The first-order chi connectivity index (χ1) is 14.4. The molecule has 0 atom stereocenters. The molecule has 9 nitrogen and oxygen atoms in total. The number of ether oxygens (including phenoxy) is 1. The number of methoxy groups -OCH3 is 1. The third-order valence-electron chi connectivity index (χ3n) is 4.40. The minimum atomic E-state index is -0.990. The molecule has 0 saturated carbocycles. The van der Waals surface area contributed by atoms with Crippen LogP contribution in [-0.4, -0.2) is 28.5 Å². The molecule has 30 heavy (non-hydrogen) atoms. The second-order valence-electron chi connectivity index (χ2n) is 6.33. The van der Waals surface area contributed by atoms with Gasteiger partial charge in [-0.1, -0.05) is 12.1 Å². The van der Waals surface area contributed by atoms with Crippen molar-refractivity contribution in [1.29, 1.82) is 10.5 Å². The summed E-state index contributed by atoms with van der Waals surface area (Å²) >= 11 is 0. The van der Waals surface area contributed by atoms with E-state index in [1.807, 2.05) is 24.3 Å². The van der Waals surface area contributed by atoms with Crippen LogP contribution in [0.25, 0.3) is 11.0 Å². The normalized spacial score (nSPS) is 11.0. The first kappa shape index (κ1) is 20.2. The molecule has 0 aliphatic heterocycles. The van der Waals surface area contributed by atoms with Gasteiger partial charge in [0.15, 0.2) is 11.3 Å². The second-order valence-corrected chi connectivity index (χ2v) is 6.33. The lowest BCUT2D eigenvalue weighted by atomic mass is 10.1. The van der Waals surface area contributed by atoms with Crippen molar-refractivity contribution in [2.45, 2.75) is 13.5 Å². The van der Waals surface area contributed by atoms with Crippen molar-refractivity contribution >= 4 is 22.8 Å². The zero-order chi connectivity index (χ0) is 21.8. The number of benzene rings is 2. The number of nitrogens with zero attached hydrogens (tertiary/aromatic N) is 5. The molecule has 0 aliphatic rings. The average Bonchev–Trinajstić information content (AvgIpc) is 2.74. The first-order valence-electron chi connectivity index (χ1n) is 8.74. The zero-order valence-corrected chi connectivity index (χ0v) is 16.2. The molecule has 2 amide bonds. The number of urea groups is 1. The second kappa shape index (κ2) is 8.25. The molecule has 148 valence electrons. The average molecular weight is 400 g/mol. The maximum Gasteiger partial charge on any atom is 0.340 e. The lowest BCUT2D eigenvalue weighted by Crippen LogP contribution is -2.31. The van der Waals surface area contributed by atoms with Crippen LogP contribution in [0.2, 0.25) is 0 Å². The van der Waals surface area contributed by atoms with Gasteiger partial charge in [0.1, 0.15) is 23.6 Å². The van der Waals surface area contributed by atoms with Crippen molar-refractivity contribution in [1.82, 2.24) is 9.55 Å². The van der Waals surface area contributed by atoms with Crippen LogP contribution in [0.1, 0.15) is 34.1 Å². The maximum atomic E-state index is 12.2. The van der Waals surface area contributed by atoms with Crippen molar-refractivity contribution < 1.29 is 14.3 Å². The third-order valence-corrected chi connectivity index (χ3v) is 4.40. The van der Waals surface area contributed by atoms with Gasteiger partial charge in [-0.15, -0.1) is 0 Å². The molecule has 3 aromatic rings. The molecule has 2 N–H and O–H groups in total. The molecule has 1 aromatic heterocycles. The van der Waals surface area contributed by atoms with Gasteiger partial charge in [0.05, 0.1) is 29.3 Å². The Kier molecular flexibility index (Phi) is 5.57. The lowest BCUT2D eigenvalue weighted by Gasteiger charge is -2.15. The minimum Gasteiger partial charge on any atom is -0.497 e. The highest BCUT2D eigenvalue weighted by Gasteiger charge is 2.17. The molecule has 0 saturated heterocycles. The molecule has 0 fully saturated rings. The molecule has 0 radical (unpaired) electrons. The number of aromatic nitrogens is 2. The summed E-state index contributed by atoms with van der Waals surface area (Å²) in [6.07, 6.45) is 0. The highest BCUT2D eigenvalue weighted by molar-refractivity contribution is 5.94. The molecular formula is C21H16N6O3. The number of hydrogen-bond donors (Lipinski definition) is 1. The molecule has 0 bridgehead atoms. The summed E-state index contributed by atoms with van der Waals surface area (Å²) in [6.45, 7) is 1.49. The maximum absolute atomic E-state index is 12.2. The molecule has 0 spiro atoms. The van der Waals surface area contributed by atoms with Gasteiger partial charge in [-0.3, -0.25) is 4.79 Å². The van der Waals surface area contributed by atoms with Crippen LogP contribution in [0.15, 0.2) is 41.4 Å². The molecule has 0 aliphatic carbocycles. The highest BCUT2D eigenvalue weighted by Crippen LogP contribution is 2.19. The lowest BCUT2D eigenvalue weighted by molar-refractivity contribution is 0.101. The predicted molar refractivity (Wildman–Crippen MR) is 106 cm³/mol. The summed E-state index contributed by atoms with van der Waals surface area (Å²) in [4.78, 5) is 31.9. The van der Waals surface area contributed by atoms with Crippen LogP contribution in [0, 0.1) is 22.7 Å². The quantitative estimate of drug-likeness (QED) is 0.663. The number of Topliss-reactive ketones (excluding diaryl/α,β-unsaturated/α-hetero) is 1. The largest absolute Gasteiger partial charge is 0.497 e. The van der Waals surface area contributed by atoms with Crippen LogP contribution in [0.3, 0.4) is 0 Å². The smallest absolute Gasteiger partial charge is 0.340 e. The fourth-order valence-electron chi connectivity index (χ4n) is 3.01. The number of rotatable bonds is 4. The van der Waals surface area contributed by atoms with E-state index in [0.29, 0.717) is 16.8 Å². The van der Waals surface area contributed by atoms with Crippen molar-refractivity contribution in [3.05, 3.63) is 64.3 Å². The summed E-state index contributed by atoms with van der Waals surface area (Å²) in [5.41, 5.74) is 6.99. The number of ketones is 1. The Bertz CT molecular complexity index is 1320. The number of primary amides is 1. The number of hydrogen-bond acceptors (Lipinski definition) is 6. The van der Waals surface area contributed by atoms with Gasteiger partial charge < -0.3 is 15.0 Å². The van der Waals surface area contributed by atoms with Gasteiger partial charge in [0.25, 0.3) is 0 Å².